The van der Waals surface area contributed by atoms with Crippen LogP contribution in [-0.4, -0.2) is 36.9 Å². The van der Waals surface area contributed by atoms with E-state index in [0.29, 0.717) is 19.6 Å². The summed E-state index contributed by atoms with van der Waals surface area (Å²) >= 11 is 0. The topological polar surface area (TPSA) is 70.4 Å². The molecule has 1 aliphatic rings. The van der Waals surface area contributed by atoms with E-state index in [0.717, 1.165) is 6.04 Å². The number of carbonyl (C=O) groups excluding carboxylic acids is 1. The first kappa shape index (κ1) is 14.9. The van der Waals surface area contributed by atoms with Crippen LogP contribution in [0.5, 0.6) is 5.75 Å². The average molecular weight is 296 g/mol. The van der Waals surface area contributed by atoms with Gasteiger partial charge >= 0.3 is 0 Å². The quantitative estimate of drug-likeness (QED) is 0.608. The number of hydrogen-bond acceptors (Lipinski definition) is 5. The molecule has 110 valence electrons. The lowest BCUT2D eigenvalue weighted by atomic mass is 10.1. The Labute approximate surface area is 118 Å². The Morgan fingerprint density at radius 2 is 2.15 bits per heavy atom. The van der Waals surface area contributed by atoms with E-state index >= 15 is 0 Å². The fourth-order valence-corrected chi connectivity index (χ4v) is 2.53. The predicted octanol–water partition coefficient (Wildman–Crippen LogP) is 1.52. The minimum atomic E-state index is -1.15. The molecule has 0 spiro atoms. The SMILES string of the molecule is C[Si](C)(C)CCOCn1nc2c(cc1=O)OCCC2=O. The van der Waals surface area contributed by atoms with E-state index in [4.69, 9.17) is 9.47 Å². The van der Waals surface area contributed by atoms with Crippen molar-refractivity contribution in [3.8, 4) is 5.75 Å². The maximum absolute atomic E-state index is 11.8. The van der Waals surface area contributed by atoms with Gasteiger partial charge in [0.15, 0.2) is 17.2 Å². The molecule has 1 aromatic rings. The van der Waals surface area contributed by atoms with Crippen LogP contribution in [-0.2, 0) is 11.5 Å². The smallest absolute Gasteiger partial charge is 0.272 e. The van der Waals surface area contributed by atoms with Gasteiger partial charge < -0.3 is 9.47 Å². The second-order valence-electron chi connectivity index (χ2n) is 6.06. The van der Waals surface area contributed by atoms with Crippen molar-refractivity contribution in [2.24, 2.45) is 0 Å². The van der Waals surface area contributed by atoms with Gasteiger partial charge in [0.25, 0.3) is 5.56 Å². The second-order valence-corrected chi connectivity index (χ2v) is 11.7. The van der Waals surface area contributed by atoms with E-state index in [1.54, 1.807) is 0 Å². The molecule has 0 unspecified atom stereocenters. The Hall–Kier alpha value is -1.47. The summed E-state index contributed by atoms with van der Waals surface area (Å²) in [5.74, 6) is 0.187. The van der Waals surface area contributed by atoms with Gasteiger partial charge in [-0.15, -0.1) is 0 Å². The first-order valence-electron chi connectivity index (χ1n) is 6.73. The molecule has 0 radical (unpaired) electrons. The molecule has 0 saturated carbocycles. The number of aromatic nitrogens is 2. The summed E-state index contributed by atoms with van der Waals surface area (Å²) in [6.07, 6.45) is 0.300. The third-order valence-corrected chi connectivity index (χ3v) is 4.73. The van der Waals surface area contributed by atoms with Crippen molar-refractivity contribution in [3.63, 3.8) is 0 Å². The summed E-state index contributed by atoms with van der Waals surface area (Å²) < 4.78 is 11.9. The number of rotatable bonds is 5. The van der Waals surface area contributed by atoms with Gasteiger partial charge in [0, 0.05) is 27.2 Å². The van der Waals surface area contributed by atoms with Crippen LogP contribution < -0.4 is 10.3 Å². The molecule has 2 rings (SSSR count). The van der Waals surface area contributed by atoms with Crippen molar-refractivity contribution in [3.05, 3.63) is 22.1 Å². The Morgan fingerprint density at radius 1 is 1.40 bits per heavy atom. The number of fused-ring (bicyclic) bond motifs is 1. The summed E-state index contributed by atoms with van der Waals surface area (Å²) in [6.45, 7) is 7.76. The minimum absolute atomic E-state index is 0.0733. The summed E-state index contributed by atoms with van der Waals surface area (Å²) in [6, 6.07) is 2.33. The lowest BCUT2D eigenvalue weighted by Gasteiger charge is -2.17. The Morgan fingerprint density at radius 3 is 2.85 bits per heavy atom. The molecule has 0 saturated heterocycles. The van der Waals surface area contributed by atoms with Gasteiger partial charge in [-0.05, 0) is 6.04 Å². The van der Waals surface area contributed by atoms with E-state index in [2.05, 4.69) is 24.7 Å². The van der Waals surface area contributed by atoms with Gasteiger partial charge in [0.05, 0.1) is 6.61 Å². The van der Waals surface area contributed by atoms with Crippen molar-refractivity contribution < 1.29 is 14.3 Å². The summed E-state index contributed by atoms with van der Waals surface area (Å²) in [7, 11) is -1.15. The predicted molar refractivity (Wildman–Crippen MR) is 77.0 cm³/mol. The lowest BCUT2D eigenvalue weighted by molar-refractivity contribution is 0.0722. The zero-order chi connectivity index (χ0) is 14.8. The molecule has 0 aromatic carbocycles. The van der Waals surface area contributed by atoms with Crippen molar-refractivity contribution in [2.75, 3.05) is 13.2 Å². The molecular formula is C13H20N2O4Si. The molecule has 0 atom stereocenters. The molecule has 1 aliphatic heterocycles. The van der Waals surface area contributed by atoms with Crippen LogP contribution in [0.1, 0.15) is 16.9 Å². The van der Waals surface area contributed by atoms with E-state index in [1.807, 2.05) is 0 Å². The number of Topliss-reactive ketones (excluding diaryl/α,β-unsaturated/α-hetero) is 1. The third-order valence-electron chi connectivity index (χ3n) is 3.02. The fourth-order valence-electron chi connectivity index (χ4n) is 1.77. The maximum atomic E-state index is 11.8. The molecule has 1 aromatic heterocycles. The highest BCUT2D eigenvalue weighted by Crippen LogP contribution is 2.19. The second kappa shape index (κ2) is 5.88. The van der Waals surface area contributed by atoms with E-state index in [1.165, 1.54) is 10.7 Å². The third kappa shape index (κ3) is 3.77. The van der Waals surface area contributed by atoms with Gasteiger partial charge in [-0.2, -0.15) is 5.10 Å². The Kier molecular flexibility index (Phi) is 4.39. The van der Waals surface area contributed by atoms with Crippen molar-refractivity contribution in [1.29, 1.82) is 0 Å². The van der Waals surface area contributed by atoms with E-state index in [9.17, 15) is 9.59 Å². The first-order valence-corrected chi connectivity index (χ1v) is 10.4. The molecule has 0 N–H and O–H groups in total. The first-order chi connectivity index (χ1) is 9.37. The van der Waals surface area contributed by atoms with Gasteiger partial charge in [-0.3, -0.25) is 9.59 Å². The summed E-state index contributed by atoms with van der Waals surface area (Å²) in [4.78, 5) is 23.5. The van der Waals surface area contributed by atoms with Gasteiger partial charge in [0.2, 0.25) is 0 Å². The molecule has 0 aliphatic carbocycles. The molecule has 0 fully saturated rings. The van der Waals surface area contributed by atoms with Crippen molar-refractivity contribution >= 4 is 13.9 Å². The lowest BCUT2D eigenvalue weighted by Crippen LogP contribution is -2.30. The zero-order valence-electron chi connectivity index (χ0n) is 12.1. The number of ketones is 1. The Balaban J connectivity index is 2.04. The van der Waals surface area contributed by atoms with Crippen molar-refractivity contribution in [2.45, 2.75) is 38.8 Å². The normalized spacial score (nSPS) is 14.8. The number of hydrogen-bond donors (Lipinski definition) is 0. The standard InChI is InChI=1S/C13H20N2O4Si/c1-20(2,3)7-6-18-9-15-12(17)8-11-13(14-15)10(16)4-5-19-11/h8H,4-7,9H2,1-3H3. The van der Waals surface area contributed by atoms with E-state index < -0.39 is 8.07 Å². The van der Waals surface area contributed by atoms with Gasteiger partial charge in [-0.1, -0.05) is 19.6 Å². The highest BCUT2D eigenvalue weighted by Gasteiger charge is 2.22. The monoisotopic (exact) mass is 296 g/mol. The van der Waals surface area contributed by atoms with Crippen LogP contribution in [0.25, 0.3) is 0 Å². The van der Waals surface area contributed by atoms with Gasteiger partial charge in [-0.25, -0.2) is 4.68 Å². The molecule has 7 heteroatoms. The van der Waals surface area contributed by atoms with E-state index in [-0.39, 0.29) is 29.5 Å². The largest absolute Gasteiger partial charge is 0.490 e. The fraction of sp³-hybridized carbons (Fsp3) is 0.615. The summed E-state index contributed by atoms with van der Waals surface area (Å²) in [5, 5.41) is 4.04. The van der Waals surface area contributed by atoms with Crippen LogP contribution >= 0.6 is 0 Å². The van der Waals surface area contributed by atoms with Gasteiger partial charge in [0.1, 0.15) is 6.73 Å². The molecule has 0 amide bonds. The average Bonchev–Trinajstić information content (AvgIpc) is 2.34. The maximum Gasteiger partial charge on any atom is 0.272 e. The summed E-state index contributed by atoms with van der Waals surface area (Å²) in [5.41, 5.74) is -0.0869. The van der Waals surface area contributed by atoms with Crippen LogP contribution in [0.2, 0.25) is 25.7 Å². The van der Waals surface area contributed by atoms with Crippen molar-refractivity contribution in [1.82, 2.24) is 9.78 Å². The molecule has 0 bridgehead atoms. The highest BCUT2D eigenvalue weighted by molar-refractivity contribution is 6.76. The number of nitrogens with zero attached hydrogens (tertiary/aromatic N) is 2. The number of ether oxygens (including phenoxy) is 2. The zero-order valence-corrected chi connectivity index (χ0v) is 13.1. The molecule has 6 nitrogen and oxygen atoms in total. The number of carbonyl (C=O) groups is 1. The molecular weight excluding hydrogens is 276 g/mol. The van der Waals surface area contributed by atoms with Crippen LogP contribution in [0.4, 0.5) is 0 Å². The molecule has 2 heterocycles. The minimum Gasteiger partial charge on any atom is -0.490 e. The highest BCUT2D eigenvalue weighted by atomic mass is 28.3. The van der Waals surface area contributed by atoms with Crippen LogP contribution in [0.3, 0.4) is 0 Å². The Bertz CT molecular complexity index is 562. The van der Waals surface area contributed by atoms with Crippen LogP contribution in [0, 0.1) is 0 Å². The molecule has 20 heavy (non-hydrogen) atoms. The van der Waals surface area contributed by atoms with Crippen LogP contribution in [0.15, 0.2) is 10.9 Å².